The zero-order valence-corrected chi connectivity index (χ0v) is 89.6. The number of rotatable bonds is 54. The normalized spacial score (nSPS) is 13.2. The third kappa shape index (κ3) is 31.4. The van der Waals surface area contributed by atoms with E-state index in [0.717, 1.165) is 0 Å². The Morgan fingerprint density at radius 2 is 0.403 bits per heavy atom. The number of hydrogen-bond donors (Lipinski definition) is 0. The fourth-order valence-electron chi connectivity index (χ4n) is 18.9. The number of unbranched alkanes of at least 4 members (excludes halogenated alkanes) is 12. The molecule has 4 unspecified atom stereocenters. The summed E-state index contributed by atoms with van der Waals surface area (Å²) in [5.74, 6) is 0. The van der Waals surface area contributed by atoms with Gasteiger partial charge in [0.1, 0.15) is 21.2 Å². The van der Waals surface area contributed by atoms with Gasteiger partial charge in [-0.2, -0.15) is 0 Å². The first-order valence-electron chi connectivity index (χ1n) is 48.2. The van der Waals surface area contributed by atoms with Gasteiger partial charge in [0.05, 0.1) is 38.3 Å². The molecule has 0 spiro atoms. The average Bonchev–Trinajstić information content (AvgIpc) is 0.777. The standard InChI is InChI=1S/2C53H83NP2Si2.2ClH.Cr/c2*1-11-17-39-57(40-18-12-2,41-19-13-3)52-35-31-50(32-36-52)55(48-27-23-46(9)24-28-48)54(45(7)8)56(49-29-25-47(10)26-30-49)51-33-37-53(38-34-51)58(42-20-14-4,43-21-15-5)44-22-16-6;;;/h2*23-38,45H,11-22,39-44H2,1-10H3;2*1H;/q;;;;+3. The zero-order valence-electron chi connectivity index (χ0n) is 79.0. The molecule has 0 radical (unpaired) electrons. The van der Waals surface area contributed by atoms with Crippen molar-refractivity contribution in [2.45, 2.75) is 377 Å². The molecule has 0 fully saturated rings. The molecule has 0 N–H and O–H groups in total. The number of benzene rings is 8. The molecule has 8 aromatic carbocycles. The third-order valence-corrected chi connectivity index (χ3v) is 61.0. The second kappa shape index (κ2) is 57.2. The summed E-state index contributed by atoms with van der Waals surface area (Å²) in [7, 11) is -1.06. The van der Waals surface area contributed by atoms with Gasteiger partial charge >= 0.3 is 33.5 Å². The Hall–Kier alpha value is -2.62. The number of nitrogens with zero attached hydrogens (tertiary/aromatic N) is 2. The summed E-state index contributed by atoms with van der Waals surface area (Å²) < 4.78 is 6.04. The van der Waals surface area contributed by atoms with Crippen molar-refractivity contribution in [3.63, 3.8) is 0 Å². The maximum absolute atomic E-state index is 4.83. The first kappa shape index (κ1) is 105. The van der Waals surface area contributed by atoms with Crippen molar-refractivity contribution in [1.82, 2.24) is 8.88 Å². The van der Waals surface area contributed by atoms with E-state index in [2.05, 4.69) is 341 Å². The summed E-state index contributed by atoms with van der Waals surface area (Å²) in [6.45, 7) is 47.5. The van der Waals surface area contributed by atoms with Crippen molar-refractivity contribution in [3.8, 4) is 0 Å². The molecular weight excluding hydrogens is 1660 g/mol. The maximum atomic E-state index is 4.83. The second-order valence-electron chi connectivity index (χ2n) is 36.3. The Morgan fingerprint density at radius 1 is 0.252 bits per heavy atom. The van der Waals surface area contributed by atoms with Gasteiger partial charge < -0.3 is 0 Å². The molecule has 2 nitrogen and oxygen atoms in total. The fourth-order valence-corrected chi connectivity index (χ4v) is 54.6. The average molecular weight is 1830 g/mol. The quantitative estimate of drug-likeness (QED) is 0.0277. The molecule has 13 heteroatoms. The van der Waals surface area contributed by atoms with Crippen LogP contribution in [0.3, 0.4) is 0 Å². The number of halogens is 2. The van der Waals surface area contributed by atoms with Crippen LogP contribution in [0.4, 0.5) is 0 Å². The van der Waals surface area contributed by atoms with Crippen LogP contribution in [0.15, 0.2) is 194 Å². The van der Waals surface area contributed by atoms with Crippen LogP contribution in [0.1, 0.15) is 287 Å². The predicted molar refractivity (Wildman–Crippen MR) is 562 cm³/mol. The summed E-state index contributed by atoms with van der Waals surface area (Å²) >= 11 is -0.181. The van der Waals surface area contributed by atoms with Crippen molar-refractivity contribution in [2.24, 2.45) is 0 Å². The summed E-state index contributed by atoms with van der Waals surface area (Å²) in [5.41, 5.74) is 5.36. The monoisotopic (exact) mass is 1830 g/mol. The first-order valence-corrected chi connectivity index (χ1v) is 67.7. The van der Waals surface area contributed by atoms with Crippen LogP contribution < -0.4 is 63.2 Å². The van der Waals surface area contributed by atoms with Crippen molar-refractivity contribution in [3.05, 3.63) is 216 Å². The molecule has 119 heavy (non-hydrogen) atoms. The van der Waals surface area contributed by atoms with Crippen molar-refractivity contribution < 1.29 is 13.4 Å². The minimum atomic E-state index is -1.61. The molecule has 0 aliphatic heterocycles. The van der Waals surface area contributed by atoms with Crippen LogP contribution in [-0.2, 0) is 13.4 Å². The summed E-state index contributed by atoms with van der Waals surface area (Å²) in [6.07, 6.45) is 32.1. The number of aryl methyl sites for hydroxylation is 4. The van der Waals surface area contributed by atoms with E-state index in [0.29, 0.717) is 12.1 Å². The number of hydrogen-bond acceptors (Lipinski definition) is 2. The van der Waals surface area contributed by atoms with Crippen LogP contribution in [0.5, 0.6) is 0 Å². The topological polar surface area (TPSA) is 6.48 Å². The molecule has 0 amide bonds. The van der Waals surface area contributed by atoms with Gasteiger partial charge in [-0.25, -0.2) is 4.44 Å². The van der Waals surface area contributed by atoms with E-state index < -0.39 is 64.6 Å². The van der Waals surface area contributed by atoms with E-state index in [1.165, 1.54) is 281 Å². The van der Waals surface area contributed by atoms with E-state index in [1.54, 1.807) is 31.4 Å². The molecule has 8 aromatic rings. The van der Waals surface area contributed by atoms with Crippen molar-refractivity contribution in [1.29, 1.82) is 0 Å². The van der Waals surface area contributed by atoms with Gasteiger partial charge in [0.25, 0.3) is 0 Å². The molecule has 4 atom stereocenters. The van der Waals surface area contributed by atoms with Gasteiger partial charge in [0, 0.05) is 22.2 Å². The summed E-state index contributed by atoms with van der Waals surface area (Å²) in [5, 5.41) is 19.0. The van der Waals surface area contributed by atoms with E-state index in [9.17, 15) is 0 Å². The first-order chi connectivity index (χ1) is 57.6. The van der Waals surface area contributed by atoms with Crippen molar-refractivity contribution >= 4 is 148 Å². The second-order valence-corrected chi connectivity index (χ2v) is 66.5. The Kier molecular flexibility index (Phi) is 50.6. The molecule has 8 rings (SSSR count). The summed E-state index contributed by atoms with van der Waals surface area (Å²) in [4.78, 5) is 0. The van der Waals surface area contributed by atoms with E-state index >= 15 is 0 Å². The Balaban J connectivity index is 0.000000357. The minimum absolute atomic E-state index is 0.181. The van der Waals surface area contributed by atoms with Gasteiger partial charge in [-0.3, -0.25) is 0 Å². The van der Waals surface area contributed by atoms with Crippen LogP contribution in [0, 0.1) is 27.7 Å². The fraction of sp³-hybridized carbons (Fsp3) is 0.547. The molecular formula is C106H168Cl2CrN2P4Si4+3. The van der Waals surface area contributed by atoms with Crippen LogP contribution in [0.2, 0.25) is 72.5 Å². The molecule has 0 saturated carbocycles. The molecule has 0 aromatic heterocycles. The van der Waals surface area contributed by atoms with Crippen LogP contribution in [-0.4, -0.2) is 53.3 Å². The molecule has 0 aliphatic carbocycles. The van der Waals surface area contributed by atoms with Gasteiger partial charge in [-0.1, -0.05) is 498 Å². The Labute approximate surface area is 757 Å². The van der Waals surface area contributed by atoms with Gasteiger partial charge in [0.2, 0.25) is 0 Å². The Morgan fingerprint density at radius 3 is 0.563 bits per heavy atom. The summed E-state index contributed by atoms with van der Waals surface area (Å²) in [6, 6.07) is 98.8. The van der Waals surface area contributed by atoms with Crippen LogP contribution in [0.25, 0.3) is 0 Å². The molecule has 0 heterocycles. The predicted octanol–water partition coefficient (Wildman–Crippen LogP) is 29.9. The molecule has 655 valence electrons. The van der Waals surface area contributed by atoms with Gasteiger partial charge in [-0.05, 0) is 130 Å². The molecule has 0 saturated heterocycles. The SMILES string of the molecule is CCCC[Si](CCCC)(CCCC)c1ccc(P(c2ccc(C)cc2)N(C(C)C)P(c2ccc(C)cc2)c2ccc([Si](CCCC)(CCCC)CCCC)cc2)cc1.CCCC[Si](CCCC)(CCCC)c1ccc([PH+](c2ccc(C)cc2)N(C(C)C)[PH+](c2ccc(C)cc2)c2ccc([Si](CCCC)(CCCC)CCCC)cc2)cc1.[Cl][Cr+][Cl]. The zero-order chi connectivity index (χ0) is 86.6. The molecule has 0 bridgehead atoms. The third-order valence-electron chi connectivity index (χ3n) is 26.2. The van der Waals surface area contributed by atoms with E-state index in [4.69, 9.17) is 20.1 Å². The van der Waals surface area contributed by atoms with Gasteiger partial charge in [-0.15, -0.1) is 0 Å². The van der Waals surface area contributed by atoms with Crippen LogP contribution >= 0.6 is 52.4 Å². The van der Waals surface area contributed by atoms with E-state index in [-0.39, 0.29) is 13.4 Å². The van der Waals surface area contributed by atoms with Gasteiger partial charge in [0.15, 0.2) is 16.1 Å². The molecule has 0 aliphatic rings. The van der Waals surface area contributed by atoms with Crippen molar-refractivity contribution in [2.75, 3.05) is 0 Å². The van der Waals surface area contributed by atoms with E-state index in [1.807, 2.05) is 0 Å². The Bertz CT molecular complexity index is 3370.